The molecule has 1 aromatic carbocycles. The van der Waals surface area contributed by atoms with Crippen molar-refractivity contribution in [3.63, 3.8) is 0 Å². The zero-order valence-electron chi connectivity index (χ0n) is 9.41. The largest absolute Gasteiger partial charge is 0.329 e. The summed E-state index contributed by atoms with van der Waals surface area (Å²) >= 11 is 3.56. The summed E-state index contributed by atoms with van der Waals surface area (Å²) in [4.78, 5) is 2.31. The third-order valence-electron chi connectivity index (χ3n) is 2.74. The van der Waals surface area contributed by atoms with Crippen molar-refractivity contribution in [3.8, 4) is 0 Å². The Balaban J connectivity index is 2.65. The molecule has 0 fully saturated rings. The Kier molecular flexibility index (Phi) is 5.29. The predicted molar refractivity (Wildman–Crippen MR) is 68.7 cm³/mol. The second-order valence-electron chi connectivity index (χ2n) is 3.80. The Morgan fingerprint density at radius 1 is 1.40 bits per heavy atom. The van der Waals surface area contributed by atoms with Crippen LogP contribution >= 0.6 is 15.9 Å². The molecule has 1 atom stereocenters. The molecule has 1 unspecified atom stereocenters. The summed E-state index contributed by atoms with van der Waals surface area (Å²) in [5, 5.41) is 0. The van der Waals surface area contributed by atoms with Gasteiger partial charge in [-0.25, -0.2) is 0 Å². The van der Waals surface area contributed by atoms with Crippen molar-refractivity contribution in [2.45, 2.75) is 25.9 Å². The van der Waals surface area contributed by atoms with Crippen LogP contribution in [0.2, 0.25) is 0 Å². The van der Waals surface area contributed by atoms with Crippen LogP contribution in [0, 0.1) is 0 Å². The highest BCUT2D eigenvalue weighted by Crippen LogP contribution is 2.18. The van der Waals surface area contributed by atoms with Crippen molar-refractivity contribution in [2.24, 2.45) is 5.73 Å². The van der Waals surface area contributed by atoms with Crippen molar-refractivity contribution in [1.82, 2.24) is 4.90 Å². The minimum atomic E-state index is 0.470. The van der Waals surface area contributed by atoms with Crippen molar-refractivity contribution >= 4 is 15.9 Å². The lowest BCUT2D eigenvalue weighted by atomic mass is 10.1. The molecule has 0 aliphatic carbocycles. The number of hydrogen-bond donors (Lipinski definition) is 1. The Morgan fingerprint density at radius 2 is 2.07 bits per heavy atom. The van der Waals surface area contributed by atoms with Crippen LogP contribution in [0.15, 0.2) is 28.7 Å². The van der Waals surface area contributed by atoms with Crippen molar-refractivity contribution < 1.29 is 0 Å². The fourth-order valence-corrected chi connectivity index (χ4v) is 2.09. The van der Waals surface area contributed by atoms with Crippen LogP contribution in [-0.4, -0.2) is 24.5 Å². The van der Waals surface area contributed by atoms with Gasteiger partial charge in [-0.2, -0.15) is 0 Å². The summed E-state index contributed by atoms with van der Waals surface area (Å²) in [6.45, 7) is 3.84. The van der Waals surface area contributed by atoms with E-state index in [-0.39, 0.29) is 0 Å². The third kappa shape index (κ3) is 3.59. The molecule has 15 heavy (non-hydrogen) atoms. The monoisotopic (exact) mass is 270 g/mol. The van der Waals surface area contributed by atoms with Crippen LogP contribution in [-0.2, 0) is 6.54 Å². The lowest BCUT2D eigenvalue weighted by Gasteiger charge is -2.26. The van der Waals surface area contributed by atoms with Gasteiger partial charge in [0.1, 0.15) is 0 Å². The molecular weight excluding hydrogens is 252 g/mol. The molecule has 1 aromatic rings. The van der Waals surface area contributed by atoms with Gasteiger partial charge in [0.2, 0.25) is 0 Å². The molecule has 0 radical (unpaired) electrons. The molecule has 2 N–H and O–H groups in total. The van der Waals surface area contributed by atoms with Gasteiger partial charge in [-0.1, -0.05) is 41.1 Å². The van der Waals surface area contributed by atoms with Crippen LogP contribution in [0.4, 0.5) is 0 Å². The van der Waals surface area contributed by atoms with Crippen LogP contribution in [0.5, 0.6) is 0 Å². The predicted octanol–water partition coefficient (Wildman–Crippen LogP) is 2.62. The summed E-state index contributed by atoms with van der Waals surface area (Å²) in [6, 6.07) is 8.79. The van der Waals surface area contributed by atoms with Crippen LogP contribution < -0.4 is 5.73 Å². The van der Waals surface area contributed by atoms with Crippen LogP contribution in [0.3, 0.4) is 0 Å². The maximum absolute atomic E-state index is 5.72. The molecule has 1 rings (SSSR count). The topological polar surface area (TPSA) is 29.3 Å². The highest BCUT2D eigenvalue weighted by atomic mass is 79.9. The maximum Gasteiger partial charge on any atom is 0.0245 e. The summed E-state index contributed by atoms with van der Waals surface area (Å²) in [6.07, 6.45) is 1.09. The molecule has 0 spiro atoms. The zero-order chi connectivity index (χ0) is 11.3. The number of rotatable bonds is 5. The molecule has 0 aliphatic rings. The molecule has 3 heteroatoms. The standard InChI is InChI=1S/C12H19BrN2/c1-3-11(8-14)15(2)9-10-6-4-5-7-12(10)13/h4-7,11H,3,8-9,14H2,1-2H3. The Morgan fingerprint density at radius 3 is 2.60 bits per heavy atom. The molecule has 0 amide bonds. The number of likely N-dealkylation sites (N-methyl/N-ethyl adjacent to an activating group) is 1. The van der Waals surface area contributed by atoms with E-state index in [1.807, 2.05) is 6.07 Å². The first kappa shape index (κ1) is 12.7. The Bertz CT molecular complexity index is 297. The Hall–Kier alpha value is -0.380. The summed E-state index contributed by atoms with van der Waals surface area (Å²) in [7, 11) is 2.13. The molecule has 0 heterocycles. The third-order valence-corrected chi connectivity index (χ3v) is 3.52. The fraction of sp³-hybridized carbons (Fsp3) is 0.500. The number of benzene rings is 1. The highest BCUT2D eigenvalue weighted by Gasteiger charge is 2.11. The highest BCUT2D eigenvalue weighted by molar-refractivity contribution is 9.10. The molecular formula is C12H19BrN2. The summed E-state index contributed by atoms with van der Waals surface area (Å²) in [5.41, 5.74) is 7.03. The fourth-order valence-electron chi connectivity index (χ4n) is 1.68. The molecule has 0 bridgehead atoms. The van der Waals surface area contributed by atoms with Crippen LogP contribution in [0.25, 0.3) is 0 Å². The summed E-state index contributed by atoms with van der Waals surface area (Å²) < 4.78 is 1.17. The van der Waals surface area contributed by atoms with E-state index in [9.17, 15) is 0 Å². The van der Waals surface area contributed by atoms with E-state index in [2.05, 4.69) is 53.0 Å². The quantitative estimate of drug-likeness (QED) is 0.892. The van der Waals surface area contributed by atoms with E-state index in [0.717, 1.165) is 19.5 Å². The van der Waals surface area contributed by atoms with Gasteiger partial charge in [-0.15, -0.1) is 0 Å². The first-order valence-corrected chi connectivity index (χ1v) is 6.12. The van der Waals surface area contributed by atoms with E-state index in [0.29, 0.717) is 6.04 Å². The van der Waals surface area contributed by atoms with Gasteiger partial charge in [-0.3, -0.25) is 4.90 Å². The lowest BCUT2D eigenvalue weighted by Crippen LogP contribution is -2.36. The van der Waals surface area contributed by atoms with Gasteiger partial charge in [0.15, 0.2) is 0 Å². The minimum absolute atomic E-state index is 0.470. The average Bonchev–Trinajstić information content (AvgIpc) is 2.23. The first-order chi connectivity index (χ1) is 7.19. The zero-order valence-corrected chi connectivity index (χ0v) is 11.0. The van der Waals surface area contributed by atoms with Gasteiger partial charge < -0.3 is 5.73 Å². The van der Waals surface area contributed by atoms with Gasteiger partial charge >= 0.3 is 0 Å². The van der Waals surface area contributed by atoms with Crippen molar-refractivity contribution in [3.05, 3.63) is 34.3 Å². The van der Waals surface area contributed by atoms with Crippen molar-refractivity contribution in [1.29, 1.82) is 0 Å². The van der Waals surface area contributed by atoms with E-state index in [1.54, 1.807) is 0 Å². The first-order valence-electron chi connectivity index (χ1n) is 5.32. The molecule has 2 nitrogen and oxygen atoms in total. The minimum Gasteiger partial charge on any atom is -0.329 e. The summed E-state index contributed by atoms with van der Waals surface area (Å²) in [5.74, 6) is 0. The van der Waals surface area contributed by atoms with Crippen LogP contribution in [0.1, 0.15) is 18.9 Å². The van der Waals surface area contributed by atoms with E-state index < -0.39 is 0 Å². The molecule has 0 aliphatic heterocycles. The van der Waals surface area contributed by atoms with Gasteiger partial charge in [0.25, 0.3) is 0 Å². The van der Waals surface area contributed by atoms with Gasteiger partial charge in [0, 0.05) is 23.6 Å². The SMILES string of the molecule is CCC(CN)N(C)Cc1ccccc1Br. The normalized spacial score (nSPS) is 13.1. The molecule has 0 saturated carbocycles. The molecule has 0 saturated heterocycles. The molecule has 0 aromatic heterocycles. The Labute approximate surface area is 101 Å². The number of nitrogens with zero attached hydrogens (tertiary/aromatic N) is 1. The smallest absolute Gasteiger partial charge is 0.0245 e. The molecule has 84 valence electrons. The van der Waals surface area contributed by atoms with Gasteiger partial charge in [0.05, 0.1) is 0 Å². The van der Waals surface area contributed by atoms with E-state index >= 15 is 0 Å². The van der Waals surface area contributed by atoms with Gasteiger partial charge in [-0.05, 0) is 25.1 Å². The number of nitrogens with two attached hydrogens (primary N) is 1. The lowest BCUT2D eigenvalue weighted by molar-refractivity contribution is 0.232. The van der Waals surface area contributed by atoms with E-state index in [4.69, 9.17) is 5.73 Å². The second-order valence-corrected chi connectivity index (χ2v) is 4.66. The van der Waals surface area contributed by atoms with Crippen molar-refractivity contribution in [2.75, 3.05) is 13.6 Å². The van der Waals surface area contributed by atoms with E-state index in [1.165, 1.54) is 10.0 Å². The average molecular weight is 271 g/mol. The maximum atomic E-state index is 5.72. The number of hydrogen-bond acceptors (Lipinski definition) is 2. The second kappa shape index (κ2) is 6.26. The number of halogens is 1.